The molecule has 2 bridgehead atoms. The fourth-order valence-electron chi connectivity index (χ4n) is 5.69. The first-order valence-electron chi connectivity index (χ1n) is 12.5. The highest BCUT2D eigenvalue weighted by atomic mass is 16.8. The smallest absolute Gasteiger partial charge is 0.180 e. The summed E-state index contributed by atoms with van der Waals surface area (Å²) < 4.78 is 13.3. The fraction of sp³-hybridized carbons (Fsp3) is 0.344. The highest BCUT2D eigenvalue weighted by Gasteiger charge is 2.75. The molecular formula is C32H34O3. The van der Waals surface area contributed by atoms with E-state index in [1.165, 1.54) is 0 Å². The Morgan fingerprint density at radius 3 is 1.66 bits per heavy atom. The van der Waals surface area contributed by atoms with E-state index in [9.17, 15) is 4.79 Å². The van der Waals surface area contributed by atoms with Crippen LogP contribution in [0.4, 0.5) is 0 Å². The molecule has 3 nitrogen and oxygen atoms in total. The van der Waals surface area contributed by atoms with Gasteiger partial charge in [-0.05, 0) is 69.7 Å². The standard InChI is InChI=1S/C32H34O3/c1-22(18-24-12-8-6-9-13-24)20-26-16-17-27(21-23(2)19-25-14-10-7-11-15-25)32(26)29-28(33)30(3,4)31(5,34-29)35-32/h6-15,18-21,29H,16-17H2,1-5H3/b22-18+,23-19+,26-20+,27-21+/t29-,31-/m0/s1. The van der Waals surface area contributed by atoms with Crippen molar-refractivity contribution >= 4 is 17.9 Å². The van der Waals surface area contributed by atoms with Gasteiger partial charge in [0.1, 0.15) is 5.60 Å². The minimum atomic E-state index is -0.953. The predicted octanol–water partition coefficient (Wildman–Crippen LogP) is 7.32. The first-order valence-corrected chi connectivity index (χ1v) is 12.5. The third kappa shape index (κ3) is 3.87. The molecule has 1 saturated carbocycles. The predicted molar refractivity (Wildman–Crippen MR) is 141 cm³/mol. The summed E-state index contributed by atoms with van der Waals surface area (Å²) in [5.74, 6) is -0.829. The van der Waals surface area contributed by atoms with Crippen molar-refractivity contribution in [1.82, 2.24) is 0 Å². The maximum Gasteiger partial charge on any atom is 0.180 e. The van der Waals surface area contributed by atoms with Crippen LogP contribution in [-0.2, 0) is 14.3 Å². The van der Waals surface area contributed by atoms with Crippen LogP contribution in [0.5, 0.6) is 0 Å². The van der Waals surface area contributed by atoms with Gasteiger partial charge in [0.05, 0.1) is 5.41 Å². The molecule has 1 spiro atoms. The summed E-state index contributed by atoms with van der Waals surface area (Å²) >= 11 is 0. The van der Waals surface area contributed by atoms with Gasteiger partial charge < -0.3 is 9.47 Å². The molecule has 0 N–H and O–H groups in total. The normalized spacial score (nSPS) is 32.4. The van der Waals surface area contributed by atoms with Crippen molar-refractivity contribution in [1.29, 1.82) is 0 Å². The van der Waals surface area contributed by atoms with Gasteiger partial charge in [-0.1, -0.05) is 96.1 Å². The van der Waals surface area contributed by atoms with Gasteiger partial charge in [-0.25, -0.2) is 0 Å². The lowest BCUT2D eigenvalue weighted by Gasteiger charge is -2.43. The van der Waals surface area contributed by atoms with E-state index in [1.54, 1.807) is 0 Å². The molecule has 5 rings (SSSR count). The molecule has 3 fully saturated rings. The zero-order valence-corrected chi connectivity index (χ0v) is 21.3. The SMILES string of the molecule is CC(=C\c1ccccc1)/C=C1\CC/C(=C\C(C)=C\c2ccccc2)C12O[C@]1(C)O[C@H]2C(=O)C1(C)C. The third-order valence-electron chi connectivity index (χ3n) is 7.87. The number of benzene rings is 2. The minimum absolute atomic E-state index is 0.124. The van der Waals surface area contributed by atoms with Crippen LogP contribution in [0.15, 0.2) is 95.1 Å². The Hall–Kier alpha value is -3.01. The summed E-state index contributed by atoms with van der Waals surface area (Å²) in [5.41, 5.74) is 5.28. The zero-order valence-electron chi connectivity index (χ0n) is 21.3. The van der Waals surface area contributed by atoms with E-state index in [-0.39, 0.29) is 5.78 Å². The van der Waals surface area contributed by atoms with Gasteiger partial charge in [-0.3, -0.25) is 4.79 Å². The lowest BCUT2D eigenvalue weighted by Crippen LogP contribution is -2.56. The number of carbonyl (C=O) groups is 1. The quantitative estimate of drug-likeness (QED) is 0.474. The second-order valence-electron chi connectivity index (χ2n) is 10.7. The average Bonchev–Trinajstić information content (AvgIpc) is 3.38. The number of hydrogen-bond acceptors (Lipinski definition) is 3. The van der Waals surface area contributed by atoms with Crippen LogP contribution >= 0.6 is 0 Å². The molecule has 2 aliphatic heterocycles. The van der Waals surface area contributed by atoms with E-state index in [0.29, 0.717) is 0 Å². The first kappa shape index (κ1) is 23.7. The van der Waals surface area contributed by atoms with Crippen LogP contribution in [-0.4, -0.2) is 23.3 Å². The number of fused-ring (bicyclic) bond motifs is 3. The molecule has 2 aromatic carbocycles. The van der Waals surface area contributed by atoms with Gasteiger partial charge >= 0.3 is 0 Å². The molecule has 1 aliphatic carbocycles. The molecule has 35 heavy (non-hydrogen) atoms. The molecule has 0 radical (unpaired) electrons. The summed E-state index contributed by atoms with van der Waals surface area (Å²) in [7, 11) is 0. The number of allylic oxidation sites excluding steroid dienone is 4. The van der Waals surface area contributed by atoms with Crippen LogP contribution in [0, 0.1) is 5.41 Å². The van der Waals surface area contributed by atoms with Crippen LogP contribution in [0.3, 0.4) is 0 Å². The molecule has 2 atom stereocenters. The first-order chi connectivity index (χ1) is 16.7. The highest BCUT2D eigenvalue weighted by molar-refractivity contribution is 5.95. The number of ketones is 1. The summed E-state index contributed by atoms with van der Waals surface area (Å²) in [6.07, 6.45) is 9.81. The molecule has 0 amide bonds. The molecule has 2 aromatic rings. The Morgan fingerprint density at radius 2 is 1.26 bits per heavy atom. The number of Topliss-reactive ketones (excluding diaryl/α,β-unsaturated/α-hetero) is 1. The lowest BCUT2D eigenvalue weighted by atomic mass is 9.71. The van der Waals surface area contributed by atoms with Crippen LogP contribution in [0.1, 0.15) is 58.6 Å². The Labute approximate surface area is 208 Å². The van der Waals surface area contributed by atoms with Crippen molar-refractivity contribution in [3.63, 3.8) is 0 Å². The molecule has 2 heterocycles. The molecule has 0 unspecified atom stereocenters. The second kappa shape index (κ2) is 8.58. The van der Waals surface area contributed by atoms with Gasteiger partial charge in [-0.15, -0.1) is 0 Å². The van der Waals surface area contributed by atoms with E-state index in [4.69, 9.17) is 9.47 Å². The van der Waals surface area contributed by atoms with Crippen molar-refractivity contribution < 1.29 is 14.3 Å². The molecule has 180 valence electrons. The maximum absolute atomic E-state index is 13.6. The highest BCUT2D eigenvalue weighted by Crippen LogP contribution is 2.63. The van der Waals surface area contributed by atoms with E-state index in [1.807, 2.05) is 57.2 Å². The number of hydrogen-bond donors (Lipinski definition) is 0. The lowest BCUT2D eigenvalue weighted by molar-refractivity contribution is -0.208. The molecule has 0 aromatic heterocycles. The topological polar surface area (TPSA) is 35.5 Å². The monoisotopic (exact) mass is 466 g/mol. The summed E-state index contributed by atoms with van der Waals surface area (Å²) in [5, 5.41) is 0. The number of rotatable bonds is 4. The van der Waals surface area contributed by atoms with Crippen molar-refractivity contribution in [2.45, 2.75) is 65.0 Å². The van der Waals surface area contributed by atoms with Crippen molar-refractivity contribution in [2.75, 3.05) is 0 Å². The van der Waals surface area contributed by atoms with E-state index in [0.717, 1.165) is 46.3 Å². The van der Waals surface area contributed by atoms with Crippen molar-refractivity contribution in [2.24, 2.45) is 5.41 Å². The molecule has 3 aliphatic rings. The zero-order chi connectivity index (χ0) is 24.8. The van der Waals surface area contributed by atoms with Gasteiger partial charge in [0.15, 0.2) is 17.7 Å². The number of ether oxygens (including phenoxy) is 2. The van der Waals surface area contributed by atoms with Gasteiger partial charge in [0.25, 0.3) is 0 Å². The maximum atomic E-state index is 13.6. The van der Waals surface area contributed by atoms with Gasteiger partial charge in [0, 0.05) is 0 Å². The van der Waals surface area contributed by atoms with Gasteiger partial charge in [-0.2, -0.15) is 0 Å². The largest absolute Gasteiger partial charge is 0.334 e. The van der Waals surface area contributed by atoms with Crippen LogP contribution < -0.4 is 0 Å². The summed E-state index contributed by atoms with van der Waals surface area (Å²) in [6, 6.07) is 20.6. The van der Waals surface area contributed by atoms with Crippen LogP contribution in [0.25, 0.3) is 12.2 Å². The summed E-state index contributed by atoms with van der Waals surface area (Å²) in [6.45, 7) is 10.0. The van der Waals surface area contributed by atoms with Crippen molar-refractivity contribution in [3.05, 3.63) is 106 Å². The average molecular weight is 467 g/mol. The molecule has 2 saturated heterocycles. The second-order valence-corrected chi connectivity index (χ2v) is 10.7. The Balaban J connectivity index is 1.59. The number of carbonyl (C=O) groups excluding carboxylic acids is 1. The fourth-order valence-corrected chi connectivity index (χ4v) is 5.69. The molecular weight excluding hydrogens is 432 g/mol. The van der Waals surface area contributed by atoms with E-state index < -0.39 is 22.9 Å². The minimum Gasteiger partial charge on any atom is -0.334 e. The Bertz CT molecular complexity index is 1190. The van der Waals surface area contributed by atoms with E-state index in [2.05, 4.69) is 62.4 Å². The Morgan fingerprint density at radius 1 is 0.800 bits per heavy atom. The Kier molecular flexibility index (Phi) is 5.82. The third-order valence-corrected chi connectivity index (χ3v) is 7.87. The van der Waals surface area contributed by atoms with E-state index >= 15 is 0 Å². The van der Waals surface area contributed by atoms with Crippen LogP contribution in [0.2, 0.25) is 0 Å². The van der Waals surface area contributed by atoms with Crippen molar-refractivity contribution in [3.8, 4) is 0 Å². The summed E-state index contributed by atoms with van der Waals surface area (Å²) in [4.78, 5) is 13.6. The molecule has 3 heteroatoms. The van der Waals surface area contributed by atoms with Gasteiger partial charge in [0.2, 0.25) is 0 Å².